The normalized spacial score (nSPS) is 23.1. The number of phosphoric ester groups is 1. The van der Waals surface area contributed by atoms with Gasteiger partial charge >= 0.3 is 7.82 Å². The Hall–Kier alpha value is -7.63. The van der Waals surface area contributed by atoms with E-state index in [2.05, 4.69) is 0 Å². The second-order valence-corrected chi connectivity index (χ2v) is 29.0. The van der Waals surface area contributed by atoms with Crippen LogP contribution in [-0.2, 0) is 153 Å². The van der Waals surface area contributed by atoms with Crippen molar-refractivity contribution in [2.24, 2.45) is 0 Å². The number of aliphatic hydroxyl groups is 2. The minimum Gasteiger partial charge on any atom is -0.394 e. The summed E-state index contributed by atoms with van der Waals surface area (Å²) < 4.78 is 143. The molecule has 17 atom stereocenters. The largest absolute Gasteiger partial charge is 0.475 e. The first-order chi connectivity index (χ1) is 54.5. The lowest BCUT2D eigenvalue weighted by molar-refractivity contribution is -0.219. The Morgan fingerprint density at radius 3 is 0.991 bits per heavy atom. The molecule has 2 N–H and O–H groups in total. The highest BCUT2D eigenvalue weighted by atomic mass is 31.2. The van der Waals surface area contributed by atoms with E-state index in [1.165, 1.54) is 14.2 Å². The van der Waals surface area contributed by atoms with E-state index in [4.69, 9.17) is 89.4 Å². The summed E-state index contributed by atoms with van der Waals surface area (Å²) in [6.07, 6.45) is -15.7. The highest BCUT2D eigenvalue weighted by Crippen LogP contribution is 2.54. The highest BCUT2D eigenvalue weighted by Gasteiger charge is 2.60. The molecule has 3 saturated heterocycles. The number of ether oxygens (including phenoxy) is 16. The van der Waals surface area contributed by atoms with Crippen molar-refractivity contribution in [2.75, 3.05) is 53.9 Å². The van der Waals surface area contributed by atoms with Crippen molar-refractivity contribution in [3.8, 4) is 0 Å². The maximum Gasteiger partial charge on any atom is 0.475 e. The van der Waals surface area contributed by atoms with Crippen LogP contribution in [0, 0.1) is 0 Å². The molecule has 12 rings (SSSR count). The molecule has 0 saturated carbocycles. The van der Waals surface area contributed by atoms with Crippen LogP contribution in [0.4, 0.5) is 0 Å². The summed E-state index contributed by atoms with van der Waals surface area (Å²) >= 11 is 0. The van der Waals surface area contributed by atoms with Gasteiger partial charge in [0.1, 0.15) is 73.2 Å². The number of benzene rings is 9. The fraction of sp³-hybridized carbons (Fsp3) is 0.386. The molecule has 3 aliphatic heterocycles. The van der Waals surface area contributed by atoms with Crippen LogP contribution in [0.1, 0.15) is 57.0 Å². The SMILES string of the molecule is COC1C(OC2(C)OC2O)[C@@H](COCc2ccccc2)O[C@H]1OCC(OCc1ccccc1)C(OCc1ccccc1)C(COP(=O)(OCc1ccccc1)OC1C(OC)[C@H](OCC(OCc2ccccc2)C(OCc2ccccc2)C(CO)OCc2ccccc2)O[C@@H]1COCc1ccccc1)OCc1ccccc1. The van der Waals surface area contributed by atoms with E-state index in [1.807, 2.05) is 273 Å². The van der Waals surface area contributed by atoms with Gasteiger partial charge in [0.2, 0.25) is 12.1 Å². The van der Waals surface area contributed by atoms with Crippen LogP contribution in [0.15, 0.2) is 273 Å². The summed E-state index contributed by atoms with van der Waals surface area (Å²) in [5.74, 6) is -1.34. The van der Waals surface area contributed by atoms with Crippen molar-refractivity contribution in [3.63, 3.8) is 0 Å². The zero-order valence-electron chi connectivity index (χ0n) is 62.8. The standard InChI is InChI=1S/C88H101O22P/c1-88(87(90)109-88)108-81-77(59-94-50-64-31-13-4-14-32-64)106-85(83(81)92-2)102-62-75(98-54-68-39-21-8-22-40-68)80(101-57-71-45-27-11-28-46-71)76(99-55-69-41-23-9-24-42-69)63-105-111(91,104-58-72-47-29-12-30-48-72)110-82-78(60-95-51-65-33-15-5-16-34-65)107-86(84(82)93-3)103-61-74(97-53-67-37-19-7-20-38-67)79(100-56-70-43-25-10-26-44-70)73(49-89)96-52-66-35-17-6-18-36-66/h4-48,73-87,89-90H,49-63H2,1-3H3/t73?,74?,75?,76?,77-,78-,79?,80?,81?,82?,83?,84?,85-,86-,87?,88?,111?/m1/s1. The third-order valence-corrected chi connectivity index (χ3v) is 20.6. The molecule has 3 heterocycles. The fourth-order valence-corrected chi connectivity index (χ4v) is 14.4. The average molecular weight is 1540 g/mol. The first kappa shape index (κ1) is 82.8. The van der Waals surface area contributed by atoms with E-state index in [0.29, 0.717) is 5.56 Å². The zero-order valence-corrected chi connectivity index (χ0v) is 63.6. The molecule has 3 aliphatic rings. The van der Waals surface area contributed by atoms with Gasteiger partial charge in [-0.2, -0.15) is 0 Å². The monoisotopic (exact) mass is 1540 g/mol. The topological polar surface area (TPSA) is 236 Å². The summed E-state index contributed by atoms with van der Waals surface area (Å²) in [7, 11) is -1.95. The molecule has 590 valence electrons. The lowest BCUT2D eigenvalue weighted by Crippen LogP contribution is -2.48. The Balaban J connectivity index is 0.870. The van der Waals surface area contributed by atoms with Gasteiger partial charge in [-0.1, -0.05) is 273 Å². The van der Waals surface area contributed by atoms with Gasteiger partial charge in [0, 0.05) is 14.2 Å². The van der Waals surface area contributed by atoms with Gasteiger partial charge in [-0.25, -0.2) is 4.57 Å². The number of aliphatic hydroxyl groups excluding tert-OH is 2. The second-order valence-electron chi connectivity index (χ2n) is 27.3. The third kappa shape index (κ3) is 25.4. The maximum absolute atomic E-state index is 16.6. The molecule has 0 bridgehead atoms. The Morgan fingerprint density at radius 1 is 0.369 bits per heavy atom. The number of methoxy groups -OCH3 is 2. The quantitative estimate of drug-likeness (QED) is 0.0266. The second kappa shape index (κ2) is 43.6. The molecule has 9 aromatic rings. The van der Waals surface area contributed by atoms with Crippen LogP contribution in [0.5, 0.6) is 0 Å². The van der Waals surface area contributed by atoms with E-state index in [0.717, 1.165) is 44.5 Å². The Kier molecular flexibility index (Phi) is 32.5. The molecule has 23 heteroatoms. The van der Waals surface area contributed by atoms with E-state index in [-0.39, 0.29) is 85.9 Å². The molecule has 9 aromatic carbocycles. The van der Waals surface area contributed by atoms with Crippen molar-refractivity contribution < 1.29 is 104 Å². The van der Waals surface area contributed by atoms with Crippen LogP contribution in [0.2, 0.25) is 0 Å². The summed E-state index contributed by atoms with van der Waals surface area (Å²) in [6.45, 7) is 0.995. The molecule has 3 fully saturated rings. The third-order valence-electron chi connectivity index (χ3n) is 19.1. The summed E-state index contributed by atoms with van der Waals surface area (Å²) in [4.78, 5) is 0. The number of phosphoric acid groups is 1. The minimum atomic E-state index is -4.95. The number of epoxide rings is 1. The van der Waals surface area contributed by atoms with Crippen molar-refractivity contribution in [1.82, 2.24) is 0 Å². The van der Waals surface area contributed by atoms with Gasteiger partial charge in [0.05, 0.1) is 99.1 Å². The van der Waals surface area contributed by atoms with Gasteiger partial charge < -0.3 is 86.0 Å². The molecule has 111 heavy (non-hydrogen) atoms. The Morgan fingerprint density at radius 2 is 0.658 bits per heavy atom. The molecule has 13 unspecified atom stereocenters. The number of rotatable bonds is 49. The van der Waals surface area contributed by atoms with Crippen LogP contribution >= 0.6 is 7.82 Å². The molecular formula is C88H101O22P. The van der Waals surface area contributed by atoms with Gasteiger partial charge in [-0.15, -0.1) is 0 Å². The lowest BCUT2D eigenvalue weighted by atomic mass is 10.1. The van der Waals surface area contributed by atoms with Crippen LogP contribution in [0.25, 0.3) is 0 Å². The smallest absolute Gasteiger partial charge is 0.394 e. The van der Waals surface area contributed by atoms with Crippen LogP contribution in [0.3, 0.4) is 0 Å². The highest BCUT2D eigenvalue weighted by molar-refractivity contribution is 7.48. The molecule has 0 spiro atoms. The molecular weight excluding hydrogens is 1440 g/mol. The van der Waals surface area contributed by atoms with E-state index >= 15 is 4.57 Å². The first-order valence-electron chi connectivity index (χ1n) is 37.5. The van der Waals surface area contributed by atoms with E-state index in [9.17, 15) is 10.2 Å². The Labute approximate surface area is 650 Å². The molecule has 22 nitrogen and oxygen atoms in total. The average Bonchev–Trinajstić information content (AvgIpc) is 1.61. The van der Waals surface area contributed by atoms with E-state index in [1.54, 1.807) is 6.92 Å². The van der Waals surface area contributed by atoms with Gasteiger partial charge in [0.25, 0.3) is 0 Å². The van der Waals surface area contributed by atoms with Gasteiger partial charge in [0.15, 0.2) is 12.6 Å². The summed E-state index contributed by atoms with van der Waals surface area (Å²) in [5, 5.41) is 21.9. The predicted octanol–water partition coefficient (Wildman–Crippen LogP) is 13.6. The predicted molar refractivity (Wildman–Crippen MR) is 410 cm³/mol. The van der Waals surface area contributed by atoms with Gasteiger partial charge in [-0.05, 0) is 57.0 Å². The summed E-state index contributed by atoms with van der Waals surface area (Å²) in [6, 6.07) is 86.5. The number of hydrogen-bond donors (Lipinski definition) is 2. The van der Waals surface area contributed by atoms with Crippen LogP contribution < -0.4 is 0 Å². The Bertz CT molecular complexity index is 4070. The molecule has 0 aromatic heterocycles. The summed E-state index contributed by atoms with van der Waals surface area (Å²) in [5.41, 5.74) is 7.60. The van der Waals surface area contributed by atoms with E-state index < -0.39 is 119 Å². The molecule has 0 amide bonds. The first-order valence-corrected chi connectivity index (χ1v) is 39.0. The number of hydrogen-bond acceptors (Lipinski definition) is 22. The zero-order chi connectivity index (χ0) is 76.7. The fourth-order valence-electron chi connectivity index (χ4n) is 13.0. The van der Waals surface area contributed by atoms with Crippen molar-refractivity contribution in [1.29, 1.82) is 0 Å². The van der Waals surface area contributed by atoms with Crippen molar-refractivity contribution in [2.45, 2.75) is 164 Å². The van der Waals surface area contributed by atoms with Crippen LogP contribution in [-0.4, -0.2) is 162 Å². The lowest BCUT2D eigenvalue weighted by Gasteiger charge is -2.35. The van der Waals surface area contributed by atoms with Gasteiger partial charge in [-0.3, -0.25) is 13.6 Å². The van der Waals surface area contributed by atoms with Crippen molar-refractivity contribution in [3.05, 3.63) is 323 Å². The van der Waals surface area contributed by atoms with Crippen molar-refractivity contribution >= 4 is 7.82 Å². The molecule has 0 radical (unpaired) electrons. The molecule has 0 aliphatic carbocycles. The maximum atomic E-state index is 16.6. The minimum absolute atomic E-state index is 0.0185.